The van der Waals surface area contributed by atoms with Gasteiger partial charge in [0.25, 0.3) is 0 Å². The van der Waals surface area contributed by atoms with E-state index < -0.39 is 36.4 Å². The average molecular weight is 672 g/mol. The first kappa shape index (κ1) is 36.8. The third-order valence-corrected chi connectivity index (χ3v) is 8.48. The molecular weight excluding hydrogens is 641 g/mol. The molecule has 3 rings (SSSR count). The summed E-state index contributed by atoms with van der Waals surface area (Å²) < 4.78 is 8.32. The third kappa shape index (κ3) is 11.6. The number of aliphatic hydroxyl groups is 1. The van der Waals surface area contributed by atoms with Gasteiger partial charge < -0.3 is 49.8 Å². The number of likely N-dealkylation sites (tertiary alicyclic amines) is 1. The second-order valence-corrected chi connectivity index (χ2v) is 12.1. The van der Waals surface area contributed by atoms with Crippen LogP contribution in [0.4, 0.5) is 11.4 Å². The number of hydrogen-bond acceptors (Lipinski definition) is 14. The second-order valence-electron chi connectivity index (χ2n) is 10.1. The Morgan fingerprint density at radius 3 is 2.11 bits per heavy atom. The van der Waals surface area contributed by atoms with E-state index in [0.29, 0.717) is 22.2 Å². The number of nitroso groups, excluding NO2 is 1. The molecular formula is C28H30Cl2N3O10S-3. The molecule has 1 aliphatic rings. The Balaban J connectivity index is 0.000000439. The highest BCUT2D eigenvalue weighted by Crippen LogP contribution is 2.39. The number of anilines is 2. The number of benzene rings is 2. The molecule has 0 saturated carbocycles. The molecule has 44 heavy (non-hydrogen) atoms. The standard InChI is InChI=1S/C22H25Cl2N3O3S.C6H8O7/c1-27-12-9-22(10-13-27,31-26-29)11-14-30-20(28)15-16-5-2-3-8-19(16)25-21-17(23)6-4-7-18(21)24;7-3(8)1-6(13,5(11)12)2-4(9)10/h2-8,25H,9-15H2,1H3;13H,1-2H2,(H,7,8)(H,9,10)(H,11,12)/p-3. The molecule has 2 aromatic carbocycles. The van der Waals surface area contributed by atoms with Crippen LogP contribution in [0.3, 0.4) is 0 Å². The molecule has 0 unspecified atom stereocenters. The number of carboxylic acid groups (broad SMARTS) is 3. The van der Waals surface area contributed by atoms with Gasteiger partial charge >= 0.3 is 5.97 Å². The minimum atomic E-state index is -2.97. The van der Waals surface area contributed by atoms with Crippen LogP contribution in [-0.2, 0) is 30.3 Å². The van der Waals surface area contributed by atoms with Crippen LogP contribution in [0.25, 0.3) is 0 Å². The summed E-state index contributed by atoms with van der Waals surface area (Å²) in [5.41, 5.74) is -0.866. The number of carbonyl (C=O) groups is 4. The SMILES string of the molecule is CN1CCC(CCOC(=O)Cc2ccccc2Nc2c(Cl)cccc2Cl)(SN=O)CC1.O=C([O-])CC(O)(CC(=O)[O-])C(=O)[O-]. The molecule has 0 aromatic heterocycles. The van der Waals surface area contributed by atoms with Crippen molar-refractivity contribution in [2.45, 2.75) is 48.9 Å². The Hall–Kier alpha value is -3.43. The summed E-state index contributed by atoms with van der Waals surface area (Å²) in [5, 5.41) is 43.1. The maximum Gasteiger partial charge on any atom is 0.310 e. The zero-order valence-corrected chi connectivity index (χ0v) is 25.9. The van der Waals surface area contributed by atoms with Crippen LogP contribution in [0.15, 0.2) is 47.0 Å². The van der Waals surface area contributed by atoms with Gasteiger partial charge in [0.15, 0.2) is 0 Å². The number of aliphatic carboxylic acids is 3. The zero-order chi connectivity index (χ0) is 32.9. The molecule has 0 aliphatic carbocycles. The van der Waals surface area contributed by atoms with Crippen molar-refractivity contribution >= 4 is 70.4 Å². The Bertz CT molecular complexity index is 1300. The number of carboxylic acids is 3. The van der Waals surface area contributed by atoms with Crippen LogP contribution in [-0.4, -0.2) is 71.0 Å². The van der Waals surface area contributed by atoms with Gasteiger partial charge in [0, 0.05) is 51.7 Å². The van der Waals surface area contributed by atoms with E-state index in [1.165, 1.54) is 0 Å². The van der Waals surface area contributed by atoms with E-state index in [-0.39, 0.29) is 23.7 Å². The second kappa shape index (κ2) is 17.2. The summed E-state index contributed by atoms with van der Waals surface area (Å²) in [6.45, 7) is 2.07. The highest BCUT2D eigenvalue weighted by Gasteiger charge is 2.35. The first-order valence-corrected chi connectivity index (χ1v) is 14.7. The fourth-order valence-corrected chi connectivity index (χ4v) is 5.47. The molecule has 1 heterocycles. The number of nitrogens with one attached hydrogen (secondary N) is 1. The summed E-state index contributed by atoms with van der Waals surface area (Å²) in [5.74, 6) is -6.31. The lowest BCUT2D eigenvalue weighted by Gasteiger charge is -2.37. The lowest BCUT2D eigenvalue weighted by atomic mass is 9.93. The third-order valence-electron chi connectivity index (χ3n) is 6.78. The minimum Gasteiger partial charge on any atom is -0.550 e. The molecule has 0 amide bonds. The van der Waals surface area contributed by atoms with Crippen molar-refractivity contribution in [3.8, 4) is 0 Å². The van der Waals surface area contributed by atoms with E-state index >= 15 is 0 Å². The molecule has 240 valence electrons. The van der Waals surface area contributed by atoms with Crippen LogP contribution in [0.5, 0.6) is 0 Å². The largest absolute Gasteiger partial charge is 0.550 e. The summed E-state index contributed by atoms with van der Waals surface area (Å²) in [4.78, 5) is 55.6. The van der Waals surface area contributed by atoms with Crippen molar-refractivity contribution in [2.24, 2.45) is 4.58 Å². The molecule has 1 fully saturated rings. The van der Waals surface area contributed by atoms with E-state index in [4.69, 9.17) is 33.0 Å². The fraction of sp³-hybridized carbons (Fsp3) is 0.429. The Morgan fingerprint density at radius 2 is 1.59 bits per heavy atom. The normalized spacial score (nSPS) is 14.5. The molecule has 16 heteroatoms. The summed E-state index contributed by atoms with van der Waals surface area (Å²) >= 11 is 13.6. The van der Waals surface area contributed by atoms with E-state index in [9.17, 15) is 39.4 Å². The van der Waals surface area contributed by atoms with Gasteiger partial charge in [-0.2, -0.15) is 0 Å². The predicted molar refractivity (Wildman–Crippen MR) is 158 cm³/mol. The van der Waals surface area contributed by atoms with Gasteiger partial charge in [0.2, 0.25) is 0 Å². The molecule has 1 saturated heterocycles. The van der Waals surface area contributed by atoms with Crippen molar-refractivity contribution in [2.75, 3.05) is 32.1 Å². The van der Waals surface area contributed by atoms with Gasteiger partial charge in [-0.05, 0) is 63.2 Å². The van der Waals surface area contributed by atoms with Crippen LogP contribution in [0.1, 0.15) is 37.7 Å². The van der Waals surface area contributed by atoms with Crippen molar-refractivity contribution in [1.29, 1.82) is 0 Å². The molecule has 0 bridgehead atoms. The van der Waals surface area contributed by atoms with Gasteiger partial charge in [-0.15, -0.1) is 4.91 Å². The van der Waals surface area contributed by atoms with Crippen molar-refractivity contribution in [3.63, 3.8) is 0 Å². The van der Waals surface area contributed by atoms with Gasteiger partial charge in [-0.25, -0.2) is 0 Å². The van der Waals surface area contributed by atoms with Gasteiger partial charge in [-0.1, -0.05) is 47.5 Å². The average Bonchev–Trinajstić information content (AvgIpc) is 2.93. The lowest BCUT2D eigenvalue weighted by Crippen LogP contribution is -2.54. The zero-order valence-electron chi connectivity index (χ0n) is 23.6. The number of halogens is 2. The number of carbonyl (C=O) groups excluding carboxylic acids is 4. The van der Waals surface area contributed by atoms with E-state index in [1.54, 1.807) is 18.2 Å². The quantitative estimate of drug-likeness (QED) is 0.162. The van der Waals surface area contributed by atoms with E-state index in [2.05, 4.69) is 21.8 Å². The molecule has 2 N–H and O–H groups in total. The van der Waals surface area contributed by atoms with E-state index in [1.807, 2.05) is 24.3 Å². The molecule has 0 spiro atoms. The van der Waals surface area contributed by atoms with Crippen molar-refractivity contribution < 1.29 is 44.3 Å². The number of piperidine rings is 1. The summed E-state index contributed by atoms with van der Waals surface area (Å²) in [6.07, 6.45) is -0.295. The number of hydrogen-bond donors (Lipinski definition) is 2. The number of ether oxygens (including phenoxy) is 1. The molecule has 0 atom stereocenters. The van der Waals surface area contributed by atoms with Crippen LogP contribution < -0.4 is 20.6 Å². The Morgan fingerprint density at radius 1 is 1.02 bits per heavy atom. The molecule has 13 nitrogen and oxygen atoms in total. The number of nitrogens with zero attached hydrogens (tertiary/aromatic N) is 2. The lowest BCUT2D eigenvalue weighted by molar-refractivity contribution is -0.339. The topological polar surface area (TPSA) is 212 Å². The minimum absolute atomic E-state index is 0.111. The first-order valence-electron chi connectivity index (χ1n) is 13.2. The van der Waals surface area contributed by atoms with Crippen LogP contribution in [0, 0.1) is 4.91 Å². The highest BCUT2D eigenvalue weighted by molar-refractivity contribution is 7.99. The van der Waals surface area contributed by atoms with Crippen LogP contribution in [0.2, 0.25) is 10.0 Å². The maximum atomic E-state index is 12.5. The number of para-hydroxylation sites is 2. The Kier molecular flexibility index (Phi) is 14.3. The van der Waals surface area contributed by atoms with Gasteiger partial charge in [-0.3, -0.25) is 4.79 Å². The summed E-state index contributed by atoms with van der Waals surface area (Å²) in [7, 11) is 2.06. The van der Waals surface area contributed by atoms with E-state index in [0.717, 1.165) is 49.1 Å². The first-order chi connectivity index (χ1) is 20.7. The smallest absolute Gasteiger partial charge is 0.310 e. The van der Waals surface area contributed by atoms with Crippen molar-refractivity contribution in [1.82, 2.24) is 4.90 Å². The molecule has 2 aromatic rings. The maximum absolute atomic E-state index is 12.5. The van der Waals surface area contributed by atoms with Gasteiger partial charge in [0.1, 0.15) is 5.60 Å². The molecule has 1 aliphatic heterocycles. The Labute approximate surface area is 267 Å². The number of esters is 1. The highest BCUT2D eigenvalue weighted by atomic mass is 35.5. The molecule has 0 radical (unpaired) electrons. The predicted octanol–water partition coefficient (Wildman–Crippen LogP) is 0.839. The van der Waals surface area contributed by atoms with Crippen molar-refractivity contribution in [3.05, 3.63) is 63.0 Å². The van der Waals surface area contributed by atoms with Crippen LogP contribution >= 0.6 is 35.1 Å². The fourth-order valence-electron chi connectivity index (χ4n) is 4.28. The number of rotatable bonds is 14. The summed E-state index contributed by atoms with van der Waals surface area (Å²) in [6, 6.07) is 12.7. The van der Waals surface area contributed by atoms with Gasteiger partial charge in [0.05, 0.1) is 34.7 Å². The monoisotopic (exact) mass is 670 g/mol.